The Labute approximate surface area is 93.9 Å². The molecule has 16 heavy (non-hydrogen) atoms. The molecule has 0 bridgehead atoms. The van der Waals surface area contributed by atoms with Gasteiger partial charge >= 0.3 is 0 Å². The molecule has 0 spiro atoms. The van der Waals surface area contributed by atoms with E-state index in [0.29, 0.717) is 0 Å². The largest absolute Gasteiger partial charge is 0.327 e. The average Bonchev–Trinajstić information content (AvgIpc) is 2.67. The SMILES string of the molecule is CC(C)(C)c1ccn(-c2ccc(=O)[nH]c2)n1. The van der Waals surface area contributed by atoms with Gasteiger partial charge in [-0.05, 0) is 12.1 Å². The third-order valence-electron chi connectivity index (χ3n) is 2.39. The molecule has 0 radical (unpaired) electrons. The second-order valence-corrected chi connectivity index (χ2v) is 4.81. The Hall–Kier alpha value is -1.84. The predicted molar refractivity (Wildman–Crippen MR) is 62.9 cm³/mol. The van der Waals surface area contributed by atoms with E-state index in [2.05, 4.69) is 30.9 Å². The van der Waals surface area contributed by atoms with Crippen molar-refractivity contribution >= 4 is 0 Å². The number of hydrogen-bond acceptors (Lipinski definition) is 2. The molecule has 84 valence electrons. The fourth-order valence-electron chi connectivity index (χ4n) is 1.41. The number of rotatable bonds is 1. The minimum Gasteiger partial charge on any atom is -0.327 e. The molecule has 4 heteroatoms. The maximum absolute atomic E-state index is 10.9. The van der Waals surface area contributed by atoms with Crippen molar-refractivity contribution in [2.24, 2.45) is 0 Å². The Kier molecular flexibility index (Phi) is 2.42. The summed E-state index contributed by atoms with van der Waals surface area (Å²) < 4.78 is 1.76. The summed E-state index contributed by atoms with van der Waals surface area (Å²) in [5, 5.41) is 4.48. The smallest absolute Gasteiger partial charge is 0.248 e. The van der Waals surface area contributed by atoms with Crippen LogP contribution >= 0.6 is 0 Å². The second kappa shape index (κ2) is 3.63. The second-order valence-electron chi connectivity index (χ2n) is 4.81. The first-order valence-corrected chi connectivity index (χ1v) is 5.22. The van der Waals surface area contributed by atoms with Crippen molar-refractivity contribution in [3.05, 3.63) is 46.6 Å². The van der Waals surface area contributed by atoms with E-state index in [1.807, 2.05) is 12.3 Å². The maximum atomic E-state index is 10.9. The van der Waals surface area contributed by atoms with Crippen LogP contribution in [0.4, 0.5) is 0 Å². The predicted octanol–water partition coefficient (Wildman–Crippen LogP) is 1.86. The molecule has 0 aliphatic carbocycles. The lowest BCUT2D eigenvalue weighted by molar-refractivity contribution is 0.560. The Bertz CT molecular complexity index is 525. The zero-order valence-electron chi connectivity index (χ0n) is 9.69. The number of aromatic amines is 1. The fraction of sp³-hybridized carbons (Fsp3) is 0.333. The van der Waals surface area contributed by atoms with Crippen LogP contribution in [0, 0.1) is 0 Å². The van der Waals surface area contributed by atoms with Crippen LogP contribution in [-0.4, -0.2) is 14.8 Å². The van der Waals surface area contributed by atoms with Crippen molar-refractivity contribution in [3.63, 3.8) is 0 Å². The normalized spacial score (nSPS) is 11.7. The lowest BCUT2D eigenvalue weighted by Crippen LogP contribution is -2.13. The van der Waals surface area contributed by atoms with E-state index in [1.165, 1.54) is 6.07 Å². The van der Waals surface area contributed by atoms with E-state index in [1.54, 1.807) is 16.9 Å². The highest BCUT2D eigenvalue weighted by atomic mass is 16.1. The molecule has 0 fully saturated rings. The van der Waals surface area contributed by atoms with Gasteiger partial charge < -0.3 is 4.98 Å². The van der Waals surface area contributed by atoms with Gasteiger partial charge in [-0.3, -0.25) is 4.79 Å². The summed E-state index contributed by atoms with van der Waals surface area (Å²) in [7, 11) is 0. The van der Waals surface area contributed by atoms with Crippen LogP contribution in [0.2, 0.25) is 0 Å². The van der Waals surface area contributed by atoms with Gasteiger partial charge in [0.15, 0.2) is 0 Å². The molecule has 2 aromatic heterocycles. The molecular weight excluding hydrogens is 202 g/mol. The number of aromatic nitrogens is 3. The van der Waals surface area contributed by atoms with E-state index in [9.17, 15) is 4.79 Å². The molecule has 0 unspecified atom stereocenters. The molecule has 2 aromatic rings. The summed E-state index contributed by atoms with van der Waals surface area (Å²) in [5.41, 5.74) is 1.81. The van der Waals surface area contributed by atoms with Crippen molar-refractivity contribution in [1.29, 1.82) is 0 Å². The van der Waals surface area contributed by atoms with E-state index < -0.39 is 0 Å². The molecule has 0 saturated carbocycles. The van der Waals surface area contributed by atoms with Gasteiger partial charge in [-0.1, -0.05) is 20.8 Å². The zero-order valence-corrected chi connectivity index (χ0v) is 9.69. The minimum absolute atomic E-state index is 0.0352. The molecule has 0 saturated heterocycles. The van der Waals surface area contributed by atoms with Gasteiger partial charge in [0.2, 0.25) is 5.56 Å². The first-order valence-electron chi connectivity index (χ1n) is 5.22. The maximum Gasteiger partial charge on any atom is 0.248 e. The Morgan fingerprint density at radius 1 is 1.25 bits per heavy atom. The minimum atomic E-state index is -0.105. The van der Waals surface area contributed by atoms with Gasteiger partial charge in [0.25, 0.3) is 0 Å². The van der Waals surface area contributed by atoms with Gasteiger partial charge in [0.05, 0.1) is 11.4 Å². The topological polar surface area (TPSA) is 50.7 Å². The summed E-state index contributed by atoms with van der Waals surface area (Å²) in [6, 6.07) is 5.23. The van der Waals surface area contributed by atoms with Crippen molar-refractivity contribution in [1.82, 2.24) is 14.8 Å². The highest BCUT2D eigenvalue weighted by Gasteiger charge is 2.16. The highest BCUT2D eigenvalue weighted by molar-refractivity contribution is 5.27. The zero-order chi connectivity index (χ0) is 11.8. The molecule has 1 N–H and O–H groups in total. The molecule has 2 heterocycles. The molecule has 0 atom stereocenters. The van der Waals surface area contributed by atoms with Crippen molar-refractivity contribution in [2.45, 2.75) is 26.2 Å². The van der Waals surface area contributed by atoms with E-state index >= 15 is 0 Å². The molecule has 0 aromatic carbocycles. The van der Waals surface area contributed by atoms with E-state index in [4.69, 9.17) is 0 Å². The van der Waals surface area contributed by atoms with Crippen LogP contribution in [-0.2, 0) is 5.41 Å². The molecule has 4 nitrogen and oxygen atoms in total. The molecule has 2 rings (SSSR count). The third kappa shape index (κ3) is 2.05. The summed E-state index contributed by atoms with van der Waals surface area (Å²) in [6.45, 7) is 6.35. The van der Waals surface area contributed by atoms with Crippen LogP contribution in [0.1, 0.15) is 26.5 Å². The third-order valence-corrected chi connectivity index (χ3v) is 2.39. The summed E-state index contributed by atoms with van der Waals surface area (Å²) in [5.74, 6) is 0. The molecule has 0 aliphatic heterocycles. The van der Waals surface area contributed by atoms with Crippen LogP contribution < -0.4 is 5.56 Å². The Morgan fingerprint density at radius 3 is 2.50 bits per heavy atom. The molecular formula is C12H15N3O. The van der Waals surface area contributed by atoms with Gasteiger partial charge in [-0.2, -0.15) is 5.10 Å². The molecule has 0 amide bonds. The number of nitrogens with one attached hydrogen (secondary N) is 1. The number of pyridine rings is 1. The van der Waals surface area contributed by atoms with Gasteiger partial charge in [0.1, 0.15) is 0 Å². The first kappa shape index (κ1) is 10.7. The number of H-pyrrole nitrogens is 1. The van der Waals surface area contributed by atoms with Crippen LogP contribution in [0.3, 0.4) is 0 Å². The number of hydrogen-bond donors (Lipinski definition) is 1. The van der Waals surface area contributed by atoms with Crippen molar-refractivity contribution < 1.29 is 0 Å². The highest BCUT2D eigenvalue weighted by Crippen LogP contribution is 2.20. The summed E-state index contributed by atoms with van der Waals surface area (Å²) in [6.07, 6.45) is 3.55. The van der Waals surface area contributed by atoms with Crippen molar-refractivity contribution in [2.75, 3.05) is 0 Å². The van der Waals surface area contributed by atoms with Crippen LogP contribution in [0.15, 0.2) is 35.4 Å². The average molecular weight is 217 g/mol. The van der Waals surface area contributed by atoms with Gasteiger partial charge in [0, 0.05) is 23.9 Å². The van der Waals surface area contributed by atoms with Crippen LogP contribution in [0.5, 0.6) is 0 Å². The number of nitrogens with zero attached hydrogens (tertiary/aromatic N) is 2. The van der Waals surface area contributed by atoms with Gasteiger partial charge in [-0.15, -0.1) is 0 Å². The van der Waals surface area contributed by atoms with Crippen LogP contribution in [0.25, 0.3) is 5.69 Å². The lowest BCUT2D eigenvalue weighted by Gasteiger charge is -2.14. The fourth-order valence-corrected chi connectivity index (χ4v) is 1.41. The van der Waals surface area contributed by atoms with E-state index in [-0.39, 0.29) is 11.0 Å². The molecule has 0 aliphatic rings. The van der Waals surface area contributed by atoms with Gasteiger partial charge in [-0.25, -0.2) is 4.68 Å². The standard InChI is InChI=1S/C12H15N3O/c1-12(2,3)10-6-7-15(14-10)9-4-5-11(16)13-8-9/h4-8H,1-3H3,(H,13,16). The Morgan fingerprint density at radius 2 is 2.00 bits per heavy atom. The summed E-state index contributed by atoms with van der Waals surface area (Å²) in [4.78, 5) is 13.6. The monoisotopic (exact) mass is 217 g/mol. The van der Waals surface area contributed by atoms with Crippen molar-refractivity contribution in [3.8, 4) is 5.69 Å². The quantitative estimate of drug-likeness (QED) is 0.792. The first-order chi connectivity index (χ1) is 7.47. The summed E-state index contributed by atoms with van der Waals surface area (Å²) >= 11 is 0. The lowest BCUT2D eigenvalue weighted by atomic mass is 9.93. The Balaban J connectivity index is 2.39. The van der Waals surface area contributed by atoms with E-state index in [0.717, 1.165) is 11.4 Å².